The van der Waals surface area contributed by atoms with E-state index in [-0.39, 0.29) is 18.0 Å². The zero-order chi connectivity index (χ0) is 13.9. The molecule has 0 saturated carbocycles. The lowest BCUT2D eigenvalue weighted by Crippen LogP contribution is -2.25. The second kappa shape index (κ2) is 5.78. The number of rotatable bonds is 6. The van der Waals surface area contributed by atoms with Crippen molar-refractivity contribution < 1.29 is 8.42 Å². The second-order valence-electron chi connectivity index (χ2n) is 3.77. The Hall–Kier alpha value is -1.29. The van der Waals surface area contributed by atoms with Gasteiger partial charge in [-0.1, -0.05) is 0 Å². The number of nitrogens with zero attached hydrogens (tertiary/aromatic N) is 3. The van der Waals surface area contributed by atoms with Crippen molar-refractivity contribution in [1.82, 2.24) is 19.5 Å². The third-order valence-corrected chi connectivity index (χ3v) is 5.19. The van der Waals surface area contributed by atoms with Crippen LogP contribution in [0.2, 0.25) is 0 Å². The number of aromatic nitrogens is 3. The maximum atomic E-state index is 12.2. The molecule has 104 valence electrons. The van der Waals surface area contributed by atoms with E-state index < -0.39 is 10.0 Å². The van der Waals surface area contributed by atoms with E-state index in [1.807, 2.05) is 6.92 Å². The van der Waals surface area contributed by atoms with Crippen LogP contribution in [0.1, 0.15) is 17.6 Å². The Labute approximate surface area is 115 Å². The van der Waals surface area contributed by atoms with Crippen molar-refractivity contribution in [2.24, 2.45) is 5.73 Å². The van der Waals surface area contributed by atoms with Crippen molar-refractivity contribution in [3.63, 3.8) is 0 Å². The summed E-state index contributed by atoms with van der Waals surface area (Å²) in [6.45, 7) is 2.94. The predicted molar refractivity (Wildman–Crippen MR) is 71.9 cm³/mol. The van der Waals surface area contributed by atoms with Gasteiger partial charge in [-0.3, -0.25) is 0 Å². The molecule has 2 aromatic rings. The van der Waals surface area contributed by atoms with Gasteiger partial charge in [-0.15, -0.1) is 21.5 Å². The number of hydrogen-bond acceptors (Lipinski definition) is 6. The normalized spacial score (nSPS) is 11.9. The lowest BCUT2D eigenvalue weighted by Gasteiger charge is -2.07. The summed E-state index contributed by atoms with van der Waals surface area (Å²) in [6.07, 6.45) is 1.57. The molecule has 0 aliphatic carbocycles. The Balaban J connectivity index is 2.14. The summed E-state index contributed by atoms with van der Waals surface area (Å²) in [4.78, 5) is 0.882. The van der Waals surface area contributed by atoms with E-state index in [2.05, 4.69) is 14.9 Å². The van der Waals surface area contributed by atoms with Crippen LogP contribution in [0.15, 0.2) is 22.7 Å². The van der Waals surface area contributed by atoms with Crippen LogP contribution in [0.3, 0.4) is 0 Å². The van der Waals surface area contributed by atoms with Crippen LogP contribution in [0.4, 0.5) is 0 Å². The molecule has 0 saturated heterocycles. The maximum absolute atomic E-state index is 12.2. The molecule has 9 heteroatoms. The molecule has 0 spiro atoms. The van der Waals surface area contributed by atoms with Gasteiger partial charge in [-0.2, -0.15) is 0 Å². The molecule has 19 heavy (non-hydrogen) atoms. The fourth-order valence-electron chi connectivity index (χ4n) is 1.63. The van der Waals surface area contributed by atoms with Gasteiger partial charge in [0.1, 0.15) is 12.2 Å². The van der Waals surface area contributed by atoms with Crippen molar-refractivity contribution in [3.05, 3.63) is 28.5 Å². The molecule has 2 aromatic heterocycles. The molecule has 0 atom stereocenters. The first-order valence-electron chi connectivity index (χ1n) is 5.71. The highest BCUT2D eigenvalue weighted by molar-refractivity contribution is 7.89. The first-order chi connectivity index (χ1) is 9.08. The molecule has 0 amide bonds. The van der Waals surface area contributed by atoms with E-state index in [0.29, 0.717) is 17.2 Å². The van der Waals surface area contributed by atoms with Gasteiger partial charge in [0.2, 0.25) is 10.0 Å². The minimum absolute atomic E-state index is 0.107. The van der Waals surface area contributed by atoms with Crippen LogP contribution >= 0.6 is 11.3 Å². The smallest absolute Gasteiger partial charge is 0.242 e. The molecule has 2 rings (SSSR count). The van der Waals surface area contributed by atoms with Gasteiger partial charge in [0.15, 0.2) is 0 Å². The summed E-state index contributed by atoms with van der Waals surface area (Å²) >= 11 is 1.33. The van der Waals surface area contributed by atoms with E-state index in [1.54, 1.807) is 22.3 Å². The van der Waals surface area contributed by atoms with E-state index >= 15 is 0 Å². The lowest BCUT2D eigenvalue weighted by atomic mass is 10.5. The highest BCUT2D eigenvalue weighted by atomic mass is 32.2. The van der Waals surface area contributed by atoms with Crippen molar-refractivity contribution in [2.45, 2.75) is 31.5 Å². The predicted octanol–water partition coefficient (Wildman–Crippen LogP) is 0.297. The summed E-state index contributed by atoms with van der Waals surface area (Å²) in [7, 11) is -3.56. The minimum atomic E-state index is -3.56. The van der Waals surface area contributed by atoms with E-state index in [0.717, 1.165) is 0 Å². The van der Waals surface area contributed by atoms with E-state index in [9.17, 15) is 8.42 Å². The fourth-order valence-corrected chi connectivity index (χ4v) is 3.95. The summed E-state index contributed by atoms with van der Waals surface area (Å²) in [5.41, 5.74) is 5.52. The topological polar surface area (TPSA) is 103 Å². The quantitative estimate of drug-likeness (QED) is 0.798. The third-order valence-electron chi connectivity index (χ3n) is 2.64. The molecule has 0 aliphatic heterocycles. The van der Waals surface area contributed by atoms with Gasteiger partial charge in [-0.05, 0) is 18.4 Å². The Morgan fingerprint density at radius 3 is 3.00 bits per heavy atom. The Bertz CT molecular complexity index is 646. The largest absolute Gasteiger partial charge is 0.326 e. The molecule has 0 aromatic carbocycles. The van der Waals surface area contributed by atoms with Gasteiger partial charge >= 0.3 is 0 Å². The van der Waals surface area contributed by atoms with E-state index in [4.69, 9.17) is 5.73 Å². The first-order valence-corrected chi connectivity index (χ1v) is 8.07. The SMILES string of the molecule is CCn1cnnc1CNS(=O)(=O)c1ccsc1CN. The average Bonchev–Trinajstić information content (AvgIpc) is 3.04. The summed E-state index contributed by atoms with van der Waals surface area (Å²) in [6, 6.07) is 1.56. The fraction of sp³-hybridized carbons (Fsp3) is 0.400. The zero-order valence-electron chi connectivity index (χ0n) is 10.4. The maximum Gasteiger partial charge on any atom is 0.242 e. The van der Waals surface area contributed by atoms with Crippen LogP contribution in [0.5, 0.6) is 0 Å². The summed E-state index contributed by atoms with van der Waals surface area (Å²) in [5.74, 6) is 0.579. The number of sulfonamides is 1. The third kappa shape index (κ3) is 3.00. The monoisotopic (exact) mass is 301 g/mol. The number of aryl methyl sites for hydroxylation is 1. The molecule has 2 heterocycles. The number of hydrogen-bond donors (Lipinski definition) is 2. The lowest BCUT2D eigenvalue weighted by molar-refractivity contribution is 0.574. The number of thiophene rings is 1. The highest BCUT2D eigenvalue weighted by Gasteiger charge is 2.19. The molecule has 3 N–H and O–H groups in total. The van der Waals surface area contributed by atoms with Crippen molar-refractivity contribution in [2.75, 3.05) is 0 Å². The molecular formula is C10H15N5O2S2. The van der Waals surface area contributed by atoms with Gasteiger partial charge in [0, 0.05) is 18.0 Å². The van der Waals surface area contributed by atoms with Gasteiger partial charge in [0.05, 0.1) is 11.4 Å². The van der Waals surface area contributed by atoms with Crippen molar-refractivity contribution in [1.29, 1.82) is 0 Å². The molecule has 0 radical (unpaired) electrons. The summed E-state index contributed by atoms with van der Waals surface area (Å²) < 4.78 is 28.6. The molecule has 0 fully saturated rings. The molecule has 0 bridgehead atoms. The van der Waals surface area contributed by atoms with Gasteiger partial charge in [-0.25, -0.2) is 13.1 Å². The molecule has 0 unspecified atom stereocenters. The van der Waals surface area contributed by atoms with Crippen LogP contribution in [0, 0.1) is 0 Å². The van der Waals surface area contributed by atoms with Crippen LogP contribution in [-0.2, 0) is 29.7 Å². The Morgan fingerprint density at radius 1 is 1.53 bits per heavy atom. The van der Waals surface area contributed by atoms with Gasteiger partial charge < -0.3 is 10.3 Å². The standard InChI is InChI=1S/C10H15N5O2S2/c1-2-15-7-12-14-10(15)6-13-19(16,17)9-3-4-18-8(9)5-11/h3-4,7,13H,2,5-6,11H2,1H3. The Kier molecular flexibility index (Phi) is 4.30. The Morgan fingerprint density at radius 2 is 2.32 bits per heavy atom. The number of nitrogens with two attached hydrogens (primary N) is 1. The number of nitrogens with one attached hydrogen (secondary N) is 1. The van der Waals surface area contributed by atoms with Crippen LogP contribution in [0.25, 0.3) is 0 Å². The zero-order valence-corrected chi connectivity index (χ0v) is 12.0. The van der Waals surface area contributed by atoms with Crippen LogP contribution in [-0.4, -0.2) is 23.2 Å². The molecule has 0 aliphatic rings. The van der Waals surface area contributed by atoms with Crippen LogP contribution < -0.4 is 10.5 Å². The highest BCUT2D eigenvalue weighted by Crippen LogP contribution is 2.21. The van der Waals surface area contributed by atoms with Crippen molar-refractivity contribution in [3.8, 4) is 0 Å². The summed E-state index contributed by atoms with van der Waals surface area (Å²) in [5, 5.41) is 9.34. The minimum Gasteiger partial charge on any atom is -0.326 e. The van der Waals surface area contributed by atoms with Gasteiger partial charge in [0.25, 0.3) is 0 Å². The average molecular weight is 301 g/mol. The molecular weight excluding hydrogens is 286 g/mol. The van der Waals surface area contributed by atoms with E-state index in [1.165, 1.54) is 11.3 Å². The molecule has 7 nitrogen and oxygen atoms in total. The first kappa shape index (κ1) is 14.1. The van der Waals surface area contributed by atoms with Crippen molar-refractivity contribution >= 4 is 21.4 Å². The second-order valence-corrected chi connectivity index (χ2v) is 6.51.